The van der Waals surface area contributed by atoms with Crippen LogP contribution in [0.1, 0.15) is 37.9 Å². The van der Waals surface area contributed by atoms with Gasteiger partial charge >= 0.3 is 0 Å². The molecule has 0 saturated heterocycles. The first-order valence-corrected chi connectivity index (χ1v) is 15.9. The summed E-state index contributed by atoms with van der Waals surface area (Å²) in [7, 11) is -2.30. The first kappa shape index (κ1) is 26.7. The standard InChI is InChI=1S/C34H32NO3PS/c1-34(2,3)40(36)35-33(28-20-12-14-24-13-10-11-19-27(24)28)29-21-30-31(38-23-37-30)22-32(29)39(25-15-6-4-7-16-25)26-17-8-5-9-18-26/h4-22,33,35H,23H2,1-3H3/t33-,40+/m1/s1. The molecule has 6 rings (SSSR count). The fourth-order valence-corrected chi connectivity index (χ4v) is 8.35. The molecule has 1 N–H and O–H groups in total. The number of ether oxygens (including phenoxy) is 2. The third kappa shape index (κ3) is 5.30. The topological polar surface area (TPSA) is 47.6 Å². The highest BCUT2D eigenvalue weighted by Gasteiger charge is 2.32. The lowest BCUT2D eigenvalue weighted by Crippen LogP contribution is -2.38. The molecule has 1 aliphatic heterocycles. The molecule has 5 aromatic carbocycles. The Bertz CT molecular complexity index is 1620. The SMILES string of the molecule is CC(C)(C)[S@](=O)N[C@@H](c1cc2c(cc1P(c1ccccc1)c1ccccc1)OCO2)c1cccc2ccccc12. The number of hydrogen-bond donors (Lipinski definition) is 1. The van der Waals surface area contributed by atoms with Gasteiger partial charge in [0.1, 0.15) is 0 Å². The lowest BCUT2D eigenvalue weighted by molar-refractivity contribution is 0.174. The van der Waals surface area contributed by atoms with Gasteiger partial charge < -0.3 is 9.47 Å². The van der Waals surface area contributed by atoms with Crippen LogP contribution in [0.5, 0.6) is 11.5 Å². The smallest absolute Gasteiger partial charge is 0.231 e. The van der Waals surface area contributed by atoms with E-state index in [1.807, 2.05) is 20.8 Å². The van der Waals surface area contributed by atoms with Crippen molar-refractivity contribution in [1.82, 2.24) is 4.72 Å². The Kier molecular flexibility index (Phi) is 7.46. The Balaban J connectivity index is 1.64. The van der Waals surface area contributed by atoms with Crippen LogP contribution in [0, 0.1) is 0 Å². The first-order chi connectivity index (χ1) is 19.4. The van der Waals surface area contributed by atoms with Gasteiger partial charge in [-0.15, -0.1) is 0 Å². The predicted molar refractivity (Wildman–Crippen MR) is 168 cm³/mol. The maximum atomic E-state index is 13.8. The van der Waals surface area contributed by atoms with Crippen LogP contribution in [0.4, 0.5) is 0 Å². The molecule has 1 aliphatic rings. The molecule has 0 bridgehead atoms. The fourth-order valence-electron chi connectivity index (χ4n) is 5.03. The van der Waals surface area contributed by atoms with Crippen molar-refractivity contribution in [3.63, 3.8) is 0 Å². The summed E-state index contributed by atoms with van der Waals surface area (Å²) in [5.74, 6) is 1.45. The summed E-state index contributed by atoms with van der Waals surface area (Å²) >= 11 is 0. The van der Waals surface area contributed by atoms with E-state index in [-0.39, 0.29) is 12.8 Å². The molecule has 0 radical (unpaired) electrons. The number of hydrogen-bond acceptors (Lipinski definition) is 3. The molecule has 40 heavy (non-hydrogen) atoms. The zero-order chi connectivity index (χ0) is 27.7. The molecule has 0 unspecified atom stereocenters. The van der Waals surface area contributed by atoms with Gasteiger partial charge in [-0.1, -0.05) is 103 Å². The van der Waals surface area contributed by atoms with Crippen molar-refractivity contribution in [3.05, 3.63) is 126 Å². The van der Waals surface area contributed by atoms with Crippen molar-refractivity contribution in [2.24, 2.45) is 0 Å². The molecule has 4 nitrogen and oxygen atoms in total. The largest absolute Gasteiger partial charge is 0.454 e. The minimum absolute atomic E-state index is 0.188. The van der Waals surface area contributed by atoms with Crippen LogP contribution in [-0.2, 0) is 11.0 Å². The third-order valence-electron chi connectivity index (χ3n) is 7.02. The van der Waals surface area contributed by atoms with Gasteiger partial charge in [-0.05, 0) is 78.6 Å². The van der Waals surface area contributed by atoms with Gasteiger partial charge in [0.25, 0.3) is 0 Å². The molecule has 0 spiro atoms. The van der Waals surface area contributed by atoms with Gasteiger partial charge in [0, 0.05) is 0 Å². The van der Waals surface area contributed by atoms with Crippen molar-refractivity contribution in [2.45, 2.75) is 31.6 Å². The van der Waals surface area contributed by atoms with E-state index in [4.69, 9.17) is 9.47 Å². The molecule has 0 fully saturated rings. The Morgan fingerprint density at radius 3 is 1.95 bits per heavy atom. The van der Waals surface area contributed by atoms with Crippen molar-refractivity contribution in [3.8, 4) is 11.5 Å². The zero-order valence-corrected chi connectivity index (χ0v) is 24.5. The second kappa shape index (κ2) is 11.2. The average Bonchev–Trinajstić information content (AvgIpc) is 3.44. The molecule has 0 aromatic heterocycles. The maximum absolute atomic E-state index is 13.8. The van der Waals surface area contributed by atoms with Crippen LogP contribution >= 0.6 is 7.92 Å². The van der Waals surface area contributed by atoms with Crippen LogP contribution in [-0.4, -0.2) is 15.7 Å². The third-order valence-corrected chi connectivity index (χ3v) is 11.1. The Hall–Kier alpha value is -3.50. The van der Waals surface area contributed by atoms with Gasteiger partial charge in [-0.3, -0.25) is 0 Å². The van der Waals surface area contributed by atoms with Crippen molar-refractivity contribution >= 4 is 45.6 Å². The monoisotopic (exact) mass is 565 g/mol. The highest BCUT2D eigenvalue weighted by Crippen LogP contribution is 2.43. The molecule has 0 amide bonds. The molecule has 0 saturated carbocycles. The summed E-state index contributed by atoms with van der Waals surface area (Å²) < 4.78 is 28.7. The zero-order valence-electron chi connectivity index (χ0n) is 22.8. The molecule has 5 aromatic rings. The highest BCUT2D eigenvalue weighted by atomic mass is 32.2. The van der Waals surface area contributed by atoms with Crippen LogP contribution < -0.4 is 30.1 Å². The van der Waals surface area contributed by atoms with Crippen LogP contribution in [0.15, 0.2) is 115 Å². The van der Waals surface area contributed by atoms with E-state index in [1.54, 1.807) is 0 Å². The summed E-state index contributed by atoms with van der Waals surface area (Å²) in [4.78, 5) is 0. The normalized spacial score (nSPS) is 14.4. The molecular formula is C34H32NO3PS. The fraction of sp³-hybridized carbons (Fsp3) is 0.176. The van der Waals surface area contributed by atoms with E-state index in [9.17, 15) is 4.21 Å². The molecule has 202 valence electrons. The Labute approximate surface area is 239 Å². The number of fused-ring (bicyclic) bond motifs is 2. The van der Waals surface area contributed by atoms with Crippen LogP contribution in [0.2, 0.25) is 0 Å². The molecular weight excluding hydrogens is 533 g/mol. The van der Waals surface area contributed by atoms with E-state index >= 15 is 0 Å². The lowest BCUT2D eigenvalue weighted by Gasteiger charge is -2.30. The Morgan fingerprint density at radius 1 is 0.725 bits per heavy atom. The van der Waals surface area contributed by atoms with Crippen LogP contribution in [0.3, 0.4) is 0 Å². The van der Waals surface area contributed by atoms with Crippen molar-refractivity contribution in [1.29, 1.82) is 0 Å². The summed E-state index contributed by atoms with van der Waals surface area (Å²) in [6, 6.07) is 39.9. The molecule has 0 aliphatic carbocycles. The summed E-state index contributed by atoms with van der Waals surface area (Å²) in [5, 5.41) is 5.88. The van der Waals surface area contributed by atoms with E-state index < -0.39 is 23.7 Å². The highest BCUT2D eigenvalue weighted by molar-refractivity contribution is 7.84. The van der Waals surface area contributed by atoms with Crippen molar-refractivity contribution in [2.75, 3.05) is 6.79 Å². The van der Waals surface area contributed by atoms with Gasteiger partial charge in [0.2, 0.25) is 6.79 Å². The lowest BCUT2D eigenvalue weighted by atomic mass is 9.94. The molecule has 1 heterocycles. The average molecular weight is 566 g/mol. The summed E-state index contributed by atoms with van der Waals surface area (Å²) in [6.07, 6.45) is 0. The van der Waals surface area contributed by atoms with E-state index in [2.05, 4.69) is 120 Å². The summed E-state index contributed by atoms with van der Waals surface area (Å²) in [5.41, 5.74) is 2.11. The first-order valence-electron chi connectivity index (χ1n) is 13.4. The van der Waals surface area contributed by atoms with Gasteiger partial charge in [-0.25, -0.2) is 8.93 Å². The van der Waals surface area contributed by atoms with Crippen molar-refractivity contribution < 1.29 is 13.7 Å². The van der Waals surface area contributed by atoms with E-state index in [0.29, 0.717) is 5.75 Å². The van der Waals surface area contributed by atoms with Gasteiger partial charge in [0.15, 0.2) is 11.5 Å². The number of benzene rings is 5. The Morgan fingerprint density at radius 2 is 1.30 bits per heavy atom. The quantitative estimate of drug-likeness (QED) is 0.230. The van der Waals surface area contributed by atoms with E-state index in [0.717, 1.165) is 33.0 Å². The van der Waals surface area contributed by atoms with E-state index in [1.165, 1.54) is 10.6 Å². The molecule has 6 heteroatoms. The predicted octanol–water partition coefficient (Wildman–Crippen LogP) is 6.47. The van der Waals surface area contributed by atoms with Gasteiger partial charge in [-0.2, -0.15) is 0 Å². The minimum atomic E-state index is -1.33. The number of rotatable bonds is 7. The minimum Gasteiger partial charge on any atom is -0.454 e. The second-order valence-electron chi connectivity index (χ2n) is 10.8. The van der Waals surface area contributed by atoms with Gasteiger partial charge in [0.05, 0.1) is 21.8 Å². The molecule has 2 atom stereocenters. The van der Waals surface area contributed by atoms with Crippen LogP contribution in [0.25, 0.3) is 10.8 Å². The second-order valence-corrected chi connectivity index (χ2v) is 15.0. The maximum Gasteiger partial charge on any atom is 0.231 e. The summed E-state index contributed by atoms with van der Waals surface area (Å²) in [6.45, 7) is 6.18. The number of nitrogens with one attached hydrogen (secondary N) is 1.